The first-order valence-corrected chi connectivity index (χ1v) is 5.62. The summed E-state index contributed by atoms with van der Waals surface area (Å²) >= 11 is 5.80. The van der Waals surface area contributed by atoms with Gasteiger partial charge in [-0.3, -0.25) is 0 Å². The first kappa shape index (κ1) is 11.7. The van der Waals surface area contributed by atoms with Crippen LogP contribution in [0.4, 0.5) is 5.69 Å². The van der Waals surface area contributed by atoms with Crippen LogP contribution in [0.5, 0.6) is 5.88 Å². The fraction of sp³-hybridized carbons (Fsp3) is 0.154. The third-order valence-corrected chi connectivity index (χ3v) is 2.67. The summed E-state index contributed by atoms with van der Waals surface area (Å²) < 4.78 is 5.53. The molecule has 0 saturated heterocycles. The number of nitrogens with zero attached hydrogens (tertiary/aromatic N) is 1. The van der Waals surface area contributed by atoms with Crippen LogP contribution in [0.2, 0.25) is 5.02 Å². The Balaban J connectivity index is 2.02. The van der Waals surface area contributed by atoms with Crippen LogP contribution < -0.4 is 10.5 Å². The van der Waals surface area contributed by atoms with Gasteiger partial charge in [-0.25, -0.2) is 4.98 Å². The van der Waals surface area contributed by atoms with E-state index in [2.05, 4.69) is 4.98 Å². The Morgan fingerprint density at radius 2 is 2.00 bits per heavy atom. The molecule has 0 atom stereocenters. The first-order valence-electron chi connectivity index (χ1n) is 5.24. The Labute approximate surface area is 105 Å². The molecule has 0 unspecified atom stereocenters. The maximum Gasteiger partial charge on any atom is 0.215 e. The number of pyridine rings is 1. The van der Waals surface area contributed by atoms with E-state index < -0.39 is 0 Å². The summed E-state index contributed by atoms with van der Waals surface area (Å²) in [5.41, 5.74) is 8.44. The molecular weight excluding hydrogens is 236 g/mol. The van der Waals surface area contributed by atoms with Gasteiger partial charge in [0.1, 0.15) is 6.61 Å². The summed E-state index contributed by atoms with van der Waals surface area (Å²) in [5.74, 6) is 0.531. The predicted octanol–water partition coefficient (Wildman–Crippen LogP) is 3.20. The number of aryl methyl sites for hydroxylation is 1. The van der Waals surface area contributed by atoms with Crippen molar-refractivity contribution in [1.82, 2.24) is 4.98 Å². The van der Waals surface area contributed by atoms with Gasteiger partial charge >= 0.3 is 0 Å². The fourth-order valence-electron chi connectivity index (χ4n) is 1.34. The Morgan fingerprint density at radius 3 is 2.65 bits per heavy atom. The molecule has 0 aliphatic heterocycles. The molecule has 3 nitrogen and oxygen atoms in total. The topological polar surface area (TPSA) is 48.1 Å². The lowest BCUT2D eigenvalue weighted by molar-refractivity contribution is 0.294. The zero-order valence-electron chi connectivity index (χ0n) is 9.48. The van der Waals surface area contributed by atoms with Gasteiger partial charge in [0, 0.05) is 23.0 Å². The van der Waals surface area contributed by atoms with Crippen LogP contribution in [0.25, 0.3) is 0 Å². The summed E-state index contributed by atoms with van der Waals surface area (Å²) in [6.07, 6.45) is 1.70. The van der Waals surface area contributed by atoms with E-state index in [0.29, 0.717) is 23.2 Å². The molecule has 88 valence electrons. The van der Waals surface area contributed by atoms with E-state index in [0.717, 1.165) is 11.1 Å². The van der Waals surface area contributed by atoms with Crippen LogP contribution in [0.15, 0.2) is 36.5 Å². The molecule has 17 heavy (non-hydrogen) atoms. The zero-order valence-corrected chi connectivity index (χ0v) is 10.2. The molecule has 2 N–H and O–H groups in total. The van der Waals surface area contributed by atoms with Crippen molar-refractivity contribution in [2.24, 2.45) is 0 Å². The highest BCUT2D eigenvalue weighted by atomic mass is 35.5. The van der Waals surface area contributed by atoms with Gasteiger partial charge in [-0.1, -0.05) is 23.7 Å². The molecule has 0 fully saturated rings. The summed E-state index contributed by atoms with van der Waals surface area (Å²) in [7, 11) is 0. The van der Waals surface area contributed by atoms with Gasteiger partial charge in [0.05, 0.1) is 0 Å². The van der Waals surface area contributed by atoms with Crippen molar-refractivity contribution in [3.05, 3.63) is 52.7 Å². The maximum absolute atomic E-state index is 5.80. The Kier molecular flexibility index (Phi) is 3.49. The number of hydrogen-bond donors (Lipinski definition) is 1. The molecule has 0 radical (unpaired) electrons. The number of nitrogens with two attached hydrogens (primary N) is 1. The Bertz CT molecular complexity index is 511. The molecule has 1 aromatic carbocycles. The van der Waals surface area contributed by atoms with E-state index in [-0.39, 0.29) is 0 Å². The van der Waals surface area contributed by atoms with Gasteiger partial charge in [0.25, 0.3) is 0 Å². The minimum absolute atomic E-state index is 0.451. The van der Waals surface area contributed by atoms with Crippen LogP contribution in [0.1, 0.15) is 11.1 Å². The van der Waals surface area contributed by atoms with Crippen molar-refractivity contribution in [3.63, 3.8) is 0 Å². The number of halogens is 1. The standard InChI is InChI=1S/C13H13ClN2O/c1-9-7-16-13(6-12(9)15)17-8-10-2-4-11(14)5-3-10/h2-7H,8H2,1H3,(H2,15,16). The van der Waals surface area contributed by atoms with Crippen LogP contribution in [-0.2, 0) is 6.61 Å². The second-order valence-corrected chi connectivity index (χ2v) is 4.23. The average molecular weight is 249 g/mol. The van der Waals surface area contributed by atoms with E-state index in [1.165, 1.54) is 0 Å². The van der Waals surface area contributed by atoms with Crippen LogP contribution in [-0.4, -0.2) is 4.98 Å². The molecule has 0 spiro atoms. The molecule has 0 bridgehead atoms. The Morgan fingerprint density at radius 1 is 1.29 bits per heavy atom. The molecular formula is C13H13ClN2O. The summed E-state index contributed by atoms with van der Waals surface area (Å²) in [4.78, 5) is 4.14. The smallest absolute Gasteiger partial charge is 0.215 e. The van der Waals surface area contributed by atoms with E-state index in [9.17, 15) is 0 Å². The number of benzene rings is 1. The lowest BCUT2D eigenvalue weighted by Gasteiger charge is -2.07. The third-order valence-electron chi connectivity index (χ3n) is 2.42. The van der Waals surface area contributed by atoms with E-state index >= 15 is 0 Å². The fourth-order valence-corrected chi connectivity index (χ4v) is 1.46. The lowest BCUT2D eigenvalue weighted by atomic mass is 10.2. The summed E-state index contributed by atoms with van der Waals surface area (Å²) in [6.45, 7) is 2.36. The summed E-state index contributed by atoms with van der Waals surface area (Å²) in [6, 6.07) is 9.22. The highest BCUT2D eigenvalue weighted by Gasteiger charge is 2.00. The largest absolute Gasteiger partial charge is 0.473 e. The van der Waals surface area contributed by atoms with Crippen molar-refractivity contribution in [3.8, 4) is 5.88 Å². The van der Waals surface area contributed by atoms with Crippen LogP contribution >= 0.6 is 11.6 Å². The molecule has 1 aromatic heterocycles. The number of rotatable bonds is 3. The van der Waals surface area contributed by atoms with Gasteiger partial charge in [0.2, 0.25) is 5.88 Å². The van der Waals surface area contributed by atoms with Crippen LogP contribution in [0, 0.1) is 6.92 Å². The molecule has 0 aliphatic rings. The first-order chi connectivity index (χ1) is 8.15. The van der Waals surface area contributed by atoms with Crippen molar-refractivity contribution < 1.29 is 4.74 Å². The SMILES string of the molecule is Cc1cnc(OCc2ccc(Cl)cc2)cc1N. The monoisotopic (exact) mass is 248 g/mol. The second kappa shape index (κ2) is 5.06. The van der Waals surface area contributed by atoms with Crippen molar-refractivity contribution in [2.45, 2.75) is 13.5 Å². The predicted molar refractivity (Wildman–Crippen MR) is 69.2 cm³/mol. The van der Waals surface area contributed by atoms with E-state index in [1.54, 1.807) is 12.3 Å². The van der Waals surface area contributed by atoms with Gasteiger partial charge in [-0.2, -0.15) is 0 Å². The molecule has 2 rings (SSSR count). The third kappa shape index (κ3) is 3.11. The molecule has 1 heterocycles. The van der Waals surface area contributed by atoms with Crippen molar-refractivity contribution in [1.29, 1.82) is 0 Å². The Hall–Kier alpha value is -1.74. The zero-order chi connectivity index (χ0) is 12.3. The molecule has 0 aliphatic carbocycles. The summed E-state index contributed by atoms with van der Waals surface area (Å²) in [5, 5.41) is 0.714. The van der Waals surface area contributed by atoms with E-state index in [4.69, 9.17) is 22.1 Å². The number of aromatic nitrogens is 1. The highest BCUT2D eigenvalue weighted by molar-refractivity contribution is 6.30. The number of nitrogen functional groups attached to an aromatic ring is 1. The molecule has 0 amide bonds. The maximum atomic E-state index is 5.80. The van der Waals surface area contributed by atoms with Crippen LogP contribution in [0.3, 0.4) is 0 Å². The quantitative estimate of drug-likeness (QED) is 0.907. The number of hydrogen-bond acceptors (Lipinski definition) is 3. The average Bonchev–Trinajstić information content (AvgIpc) is 2.33. The van der Waals surface area contributed by atoms with Gasteiger partial charge in [-0.05, 0) is 30.2 Å². The normalized spacial score (nSPS) is 10.2. The van der Waals surface area contributed by atoms with Gasteiger partial charge < -0.3 is 10.5 Å². The van der Waals surface area contributed by atoms with Crippen molar-refractivity contribution in [2.75, 3.05) is 5.73 Å². The van der Waals surface area contributed by atoms with Crippen molar-refractivity contribution >= 4 is 17.3 Å². The minimum atomic E-state index is 0.451. The lowest BCUT2D eigenvalue weighted by Crippen LogP contribution is -1.99. The van der Waals surface area contributed by atoms with Gasteiger partial charge in [0.15, 0.2) is 0 Å². The molecule has 2 aromatic rings. The van der Waals surface area contributed by atoms with E-state index in [1.807, 2.05) is 31.2 Å². The molecule has 4 heteroatoms. The number of anilines is 1. The second-order valence-electron chi connectivity index (χ2n) is 3.79. The molecule has 0 saturated carbocycles. The van der Waals surface area contributed by atoms with Gasteiger partial charge in [-0.15, -0.1) is 0 Å². The minimum Gasteiger partial charge on any atom is -0.473 e. The highest BCUT2D eigenvalue weighted by Crippen LogP contribution is 2.17. The number of ether oxygens (including phenoxy) is 1.